The molecule has 0 radical (unpaired) electrons. The van der Waals surface area contributed by atoms with Gasteiger partial charge in [0.15, 0.2) is 5.76 Å². The molecule has 26 heavy (non-hydrogen) atoms. The second kappa shape index (κ2) is 7.04. The number of sulfonamides is 1. The van der Waals surface area contributed by atoms with Crippen molar-refractivity contribution >= 4 is 10.0 Å². The van der Waals surface area contributed by atoms with Crippen LogP contribution < -0.4 is 4.72 Å². The topological polar surface area (TPSA) is 116 Å². The molecule has 3 rings (SSSR count). The molecule has 0 aliphatic heterocycles. The highest BCUT2D eigenvalue weighted by Crippen LogP contribution is 2.29. The normalized spacial score (nSPS) is 13.2. The number of rotatable bonds is 7. The van der Waals surface area contributed by atoms with Crippen LogP contribution in [0.3, 0.4) is 0 Å². The predicted octanol–water partition coefficient (Wildman–Crippen LogP) is 2.59. The van der Waals surface area contributed by atoms with Crippen molar-refractivity contribution in [1.82, 2.24) is 24.6 Å². The summed E-state index contributed by atoms with van der Waals surface area (Å²) in [7, 11) is -3.87. The molecule has 0 spiro atoms. The van der Waals surface area contributed by atoms with Crippen molar-refractivity contribution in [3.8, 4) is 11.5 Å². The fourth-order valence-electron chi connectivity index (χ4n) is 2.57. The smallest absolute Gasteiger partial charge is 0.274 e. The summed E-state index contributed by atoms with van der Waals surface area (Å²) < 4.78 is 40.2. The molecule has 0 bridgehead atoms. The van der Waals surface area contributed by atoms with E-state index in [1.54, 1.807) is 24.6 Å². The Labute approximate surface area is 151 Å². The number of hydrogen-bond acceptors (Lipinski definition) is 7. The summed E-state index contributed by atoms with van der Waals surface area (Å²) >= 11 is 0. The molecule has 0 amide bonds. The maximum absolute atomic E-state index is 12.6. The molecule has 1 atom stereocenters. The van der Waals surface area contributed by atoms with E-state index in [1.165, 1.54) is 12.4 Å². The van der Waals surface area contributed by atoms with Gasteiger partial charge in [-0.1, -0.05) is 12.1 Å². The molecule has 3 aromatic rings. The third kappa shape index (κ3) is 3.42. The summed E-state index contributed by atoms with van der Waals surface area (Å²) in [6, 6.07) is 2.38. The van der Waals surface area contributed by atoms with Crippen LogP contribution in [0.15, 0.2) is 32.5 Å². The van der Waals surface area contributed by atoms with Gasteiger partial charge in [0.1, 0.15) is 12.2 Å². The molecule has 9 nitrogen and oxygen atoms in total. The average Bonchev–Trinajstić information content (AvgIpc) is 3.29. The Hall–Kier alpha value is -2.46. The molecule has 140 valence electrons. The van der Waals surface area contributed by atoms with Crippen molar-refractivity contribution in [2.75, 3.05) is 0 Å². The number of aryl methyl sites for hydroxylation is 2. The number of nitrogens with zero attached hydrogens (tertiary/aromatic N) is 4. The largest absolute Gasteiger partial charge is 0.440 e. The van der Waals surface area contributed by atoms with Gasteiger partial charge >= 0.3 is 0 Å². The lowest BCUT2D eigenvalue weighted by molar-refractivity contribution is 0.396. The highest BCUT2D eigenvalue weighted by Gasteiger charge is 2.26. The zero-order valence-corrected chi connectivity index (χ0v) is 15.9. The predicted molar refractivity (Wildman–Crippen MR) is 92.7 cm³/mol. The zero-order chi connectivity index (χ0) is 18.9. The maximum atomic E-state index is 12.6. The molecule has 0 saturated heterocycles. The van der Waals surface area contributed by atoms with Gasteiger partial charge in [-0.05, 0) is 39.3 Å². The van der Waals surface area contributed by atoms with E-state index in [0.29, 0.717) is 23.9 Å². The van der Waals surface area contributed by atoms with Crippen LogP contribution >= 0.6 is 0 Å². The standard InChI is InChI=1S/C16H21N5O4S/c1-5-8-21-16(17-9-18-21)12(4)20-26(22,23)14-7-6-13(24-14)15-10(2)11(3)19-25-15/h6-7,9,12,20H,5,8H2,1-4H3. The van der Waals surface area contributed by atoms with Crippen molar-refractivity contribution in [2.24, 2.45) is 0 Å². The minimum atomic E-state index is -3.87. The lowest BCUT2D eigenvalue weighted by Crippen LogP contribution is -2.28. The van der Waals surface area contributed by atoms with Crippen LogP contribution in [0.4, 0.5) is 0 Å². The van der Waals surface area contributed by atoms with Crippen molar-refractivity contribution in [3.05, 3.63) is 35.5 Å². The Morgan fingerprint density at radius 1 is 1.31 bits per heavy atom. The van der Waals surface area contributed by atoms with E-state index in [9.17, 15) is 8.42 Å². The molecule has 0 aliphatic rings. The van der Waals surface area contributed by atoms with Gasteiger partial charge in [-0.15, -0.1) is 0 Å². The summed E-state index contributed by atoms with van der Waals surface area (Å²) in [5.41, 5.74) is 1.53. The van der Waals surface area contributed by atoms with E-state index in [-0.39, 0.29) is 5.09 Å². The van der Waals surface area contributed by atoms with Gasteiger partial charge in [0.25, 0.3) is 10.0 Å². The molecule has 1 unspecified atom stereocenters. The van der Waals surface area contributed by atoms with E-state index >= 15 is 0 Å². The van der Waals surface area contributed by atoms with Crippen LogP contribution in [-0.4, -0.2) is 28.3 Å². The second-order valence-corrected chi connectivity index (χ2v) is 7.67. The molecule has 0 aromatic carbocycles. The van der Waals surface area contributed by atoms with E-state index < -0.39 is 16.1 Å². The molecular weight excluding hydrogens is 358 g/mol. The molecule has 0 saturated carbocycles. The van der Waals surface area contributed by atoms with Crippen LogP contribution in [0, 0.1) is 13.8 Å². The number of furan rings is 1. The molecule has 0 aliphatic carbocycles. The quantitative estimate of drug-likeness (QED) is 0.670. The third-order valence-electron chi connectivity index (χ3n) is 4.03. The van der Waals surface area contributed by atoms with Gasteiger partial charge in [0.05, 0.1) is 11.7 Å². The van der Waals surface area contributed by atoms with E-state index in [0.717, 1.165) is 17.7 Å². The summed E-state index contributed by atoms with van der Waals surface area (Å²) in [6.07, 6.45) is 2.28. The fourth-order valence-corrected chi connectivity index (χ4v) is 3.70. The fraction of sp³-hybridized carbons (Fsp3) is 0.438. The van der Waals surface area contributed by atoms with Gasteiger partial charge in [0, 0.05) is 12.1 Å². The highest BCUT2D eigenvalue weighted by molar-refractivity contribution is 7.89. The van der Waals surface area contributed by atoms with Gasteiger partial charge in [-0.25, -0.2) is 18.1 Å². The Morgan fingerprint density at radius 3 is 2.73 bits per heavy atom. The Morgan fingerprint density at radius 2 is 2.08 bits per heavy atom. The van der Waals surface area contributed by atoms with Gasteiger partial charge in [-0.2, -0.15) is 9.82 Å². The molecule has 3 aromatic heterocycles. The summed E-state index contributed by atoms with van der Waals surface area (Å²) in [6.45, 7) is 8.02. The van der Waals surface area contributed by atoms with E-state index in [1.807, 2.05) is 13.8 Å². The summed E-state index contributed by atoms with van der Waals surface area (Å²) in [5, 5.41) is 7.77. The van der Waals surface area contributed by atoms with Crippen molar-refractivity contribution < 1.29 is 17.4 Å². The van der Waals surface area contributed by atoms with E-state index in [2.05, 4.69) is 20.0 Å². The van der Waals surface area contributed by atoms with Gasteiger partial charge in [-0.3, -0.25) is 0 Å². The Bertz CT molecular complexity index is 1000. The third-order valence-corrected chi connectivity index (χ3v) is 5.44. The van der Waals surface area contributed by atoms with Crippen LogP contribution in [0.1, 0.15) is 43.4 Å². The number of hydrogen-bond donors (Lipinski definition) is 1. The van der Waals surface area contributed by atoms with Gasteiger partial charge in [0.2, 0.25) is 10.9 Å². The van der Waals surface area contributed by atoms with Crippen LogP contribution in [0.25, 0.3) is 11.5 Å². The first-order valence-electron chi connectivity index (χ1n) is 8.26. The first-order valence-corrected chi connectivity index (χ1v) is 9.75. The number of aromatic nitrogens is 4. The van der Waals surface area contributed by atoms with Crippen LogP contribution in [0.5, 0.6) is 0 Å². The SMILES string of the molecule is CCCn1ncnc1C(C)NS(=O)(=O)c1ccc(-c2onc(C)c2C)o1. The first kappa shape index (κ1) is 18.3. The molecular formula is C16H21N5O4S. The second-order valence-electron chi connectivity index (χ2n) is 6.03. The molecule has 0 fully saturated rings. The van der Waals surface area contributed by atoms with Gasteiger partial charge < -0.3 is 8.94 Å². The Kier molecular flexibility index (Phi) is 4.97. The maximum Gasteiger partial charge on any atom is 0.274 e. The lowest BCUT2D eigenvalue weighted by Gasteiger charge is -2.13. The Balaban J connectivity index is 1.82. The average molecular weight is 379 g/mol. The molecule has 3 heterocycles. The highest BCUT2D eigenvalue weighted by atomic mass is 32.2. The van der Waals surface area contributed by atoms with Crippen molar-refractivity contribution in [1.29, 1.82) is 0 Å². The van der Waals surface area contributed by atoms with E-state index in [4.69, 9.17) is 8.94 Å². The molecule has 1 N–H and O–H groups in total. The lowest BCUT2D eigenvalue weighted by atomic mass is 10.2. The van der Waals surface area contributed by atoms with Crippen molar-refractivity contribution in [2.45, 2.75) is 51.8 Å². The first-order chi connectivity index (χ1) is 12.3. The summed E-state index contributed by atoms with van der Waals surface area (Å²) in [4.78, 5) is 4.15. The van der Waals surface area contributed by atoms with Crippen LogP contribution in [-0.2, 0) is 16.6 Å². The zero-order valence-electron chi connectivity index (χ0n) is 15.1. The van der Waals surface area contributed by atoms with Crippen LogP contribution in [0.2, 0.25) is 0 Å². The minimum absolute atomic E-state index is 0.200. The van der Waals surface area contributed by atoms with Crippen molar-refractivity contribution in [3.63, 3.8) is 0 Å². The number of nitrogens with one attached hydrogen (secondary N) is 1. The molecule has 10 heteroatoms. The minimum Gasteiger partial charge on any atom is -0.440 e. The summed E-state index contributed by atoms with van der Waals surface area (Å²) in [5.74, 6) is 1.27. The monoisotopic (exact) mass is 379 g/mol.